The third-order valence-electron chi connectivity index (χ3n) is 1.85. The average Bonchev–Trinajstić information content (AvgIpc) is 2.71. The number of ether oxygens (including phenoxy) is 1. The molecule has 1 aromatic heterocycles. The van der Waals surface area contributed by atoms with Crippen molar-refractivity contribution in [2.45, 2.75) is 18.1 Å². The summed E-state index contributed by atoms with van der Waals surface area (Å²) in [5.41, 5.74) is -0.139. The van der Waals surface area contributed by atoms with Gasteiger partial charge in [0.2, 0.25) is 0 Å². The molecule has 0 saturated carbocycles. The van der Waals surface area contributed by atoms with E-state index in [-0.39, 0.29) is 23.8 Å². The highest BCUT2D eigenvalue weighted by atomic mass is 32.2. The first-order valence-corrected chi connectivity index (χ1v) is 6.83. The van der Waals surface area contributed by atoms with Crippen molar-refractivity contribution in [3.63, 3.8) is 0 Å². The monoisotopic (exact) mass is 289 g/mol. The van der Waals surface area contributed by atoms with Gasteiger partial charge in [-0.1, -0.05) is 11.8 Å². The van der Waals surface area contributed by atoms with Crippen LogP contribution >= 0.6 is 23.1 Å². The minimum absolute atomic E-state index is 0.00740. The van der Waals surface area contributed by atoms with E-state index in [0.29, 0.717) is 9.09 Å². The molecule has 0 radical (unpaired) electrons. The lowest BCUT2D eigenvalue weighted by molar-refractivity contribution is -0.387. The van der Waals surface area contributed by atoms with Gasteiger partial charge in [0.05, 0.1) is 22.2 Å². The molecule has 6 nitrogen and oxygen atoms in total. The van der Waals surface area contributed by atoms with Gasteiger partial charge in [0.25, 0.3) is 5.69 Å². The number of nitro groups is 1. The topological polar surface area (TPSA) is 86.5 Å². The van der Waals surface area contributed by atoms with Crippen molar-refractivity contribution in [1.82, 2.24) is 0 Å². The Bertz CT molecular complexity index is 483. The molecule has 18 heavy (non-hydrogen) atoms. The van der Waals surface area contributed by atoms with Gasteiger partial charge in [0.1, 0.15) is 4.21 Å². The number of Topliss-reactive ketones (excluding diaryl/α,β-unsaturated/α-hetero) is 1. The van der Waals surface area contributed by atoms with Crippen LogP contribution in [0.2, 0.25) is 0 Å². The predicted molar refractivity (Wildman–Crippen MR) is 68.3 cm³/mol. The third kappa shape index (κ3) is 3.81. The van der Waals surface area contributed by atoms with Crippen molar-refractivity contribution in [2.75, 3.05) is 12.4 Å². The van der Waals surface area contributed by atoms with Gasteiger partial charge in [-0.2, -0.15) is 0 Å². The molecule has 98 valence electrons. The van der Waals surface area contributed by atoms with E-state index >= 15 is 0 Å². The standard InChI is InChI=1S/C10H11NO5S2/c1-3-16-9(13)5-17-10-7(11(14)15)4-8(18-10)6(2)12/h4H,3,5H2,1-2H3. The molecule has 0 unspecified atom stereocenters. The van der Waals surface area contributed by atoms with E-state index in [1.54, 1.807) is 6.92 Å². The SMILES string of the molecule is CCOC(=O)CSc1sc(C(C)=O)cc1[N+](=O)[O-]. The zero-order chi connectivity index (χ0) is 13.7. The summed E-state index contributed by atoms with van der Waals surface area (Å²) in [6, 6.07) is 1.24. The minimum atomic E-state index is -0.559. The number of nitrogens with zero attached hydrogens (tertiary/aromatic N) is 1. The summed E-state index contributed by atoms with van der Waals surface area (Å²) in [4.78, 5) is 32.9. The Kier molecular flexibility index (Phi) is 5.29. The van der Waals surface area contributed by atoms with E-state index in [4.69, 9.17) is 4.74 Å². The number of esters is 1. The first-order chi connectivity index (χ1) is 8.45. The lowest BCUT2D eigenvalue weighted by atomic mass is 10.3. The lowest BCUT2D eigenvalue weighted by Crippen LogP contribution is -2.06. The minimum Gasteiger partial charge on any atom is -0.465 e. The lowest BCUT2D eigenvalue weighted by Gasteiger charge is -1.99. The second kappa shape index (κ2) is 6.50. The fourth-order valence-corrected chi connectivity index (χ4v) is 3.14. The van der Waals surface area contributed by atoms with Crippen molar-refractivity contribution in [3.05, 3.63) is 21.1 Å². The van der Waals surface area contributed by atoms with E-state index in [2.05, 4.69) is 0 Å². The first-order valence-electron chi connectivity index (χ1n) is 5.03. The van der Waals surface area contributed by atoms with Gasteiger partial charge in [-0.25, -0.2) is 0 Å². The van der Waals surface area contributed by atoms with Crippen LogP contribution < -0.4 is 0 Å². The summed E-state index contributed by atoms with van der Waals surface area (Å²) in [5.74, 6) is -0.673. The van der Waals surface area contributed by atoms with Crippen LogP contribution in [0.1, 0.15) is 23.5 Å². The molecule has 0 atom stereocenters. The number of hydrogen-bond acceptors (Lipinski definition) is 7. The van der Waals surface area contributed by atoms with Gasteiger partial charge < -0.3 is 4.74 Å². The molecule has 1 aromatic rings. The highest BCUT2D eigenvalue weighted by molar-refractivity contribution is 8.01. The number of thioether (sulfide) groups is 1. The summed E-state index contributed by atoms with van der Waals surface area (Å²) in [5, 5.41) is 10.8. The van der Waals surface area contributed by atoms with Crippen LogP contribution in [0.5, 0.6) is 0 Å². The quantitative estimate of drug-likeness (QED) is 0.263. The number of ketones is 1. The molecule has 0 aliphatic heterocycles. The molecule has 1 heterocycles. The van der Waals surface area contributed by atoms with E-state index in [0.717, 1.165) is 23.1 Å². The van der Waals surface area contributed by atoms with Gasteiger partial charge in [0.15, 0.2) is 5.78 Å². The molecular weight excluding hydrogens is 278 g/mol. The molecule has 1 rings (SSSR count). The molecule has 0 bridgehead atoms. The van der Waals surface area contributed by atoms with Crippen molar-refractivity contribution >= 4 is 40.5 Å². The number of carbonyl (C=O) groups excluding carboxylic acids is 2. The summed E-state index contributed by atoms with van der Waals surface area (Å²) in [7, 11) is 0. The smallest absolute Gasteiger partial charge is 0.316 e. The fraction of sp³-hybridized carbons (Fsp3) is 0.400. The van der Waals surface area contributed by atoms with Gasteiger partial charge in [-0.3, -0.25) is 19.7 Å². The molecule has 0 amide bonds. The molecular formula is C10H11NO5S2. The molecule has 0 fully saturated rings. The van der Waals surface area contributed by atoms with Crippen LogP contribution in [0.3, 0.4) is 0 Å². The van der Waals surface area contributed by atoms with Crippen molar-refractivity contribution in [2.24, 2.45) is 0 Å². The molecule has 0 aliphatic carbocycles. The summed E-state index contributed by atoms with van der Waals surface area (Å²) in [6.45, 7) is 3.30. The first kappa shape index (κ1) is 14.7. The molecule has 0 saturated heterocycles. The Labute approximate surface area is 111 Å². The second-order valence-electron chi connectivity index (χ2n) is 3.19. The molecule has 8 heteroatoms. The fourth-order valence-electron chi connectivity index (χ4n) is 1.10. The Balaban J connectivity index is 2.83. The largest absolute Gasteiger partial charge is 0.465 e. The molecule has 0 spiro atoms. The van der Waals surface area contributed by atoms with E-state index < -0.39 is 10.9 Å². The van der Waals surface area contributed by atoms with Crippen LogP contribution in [0, 0.1) is 10.1 Å². The summed E-state index contributed by atoms with van der Waals surface area (Å²) < 4.78 is 5.07. The second-order valence-corrected chi connectivity index (χ2v) is 5.49. The number of carbonyl (C=O) groups is 2. The molecule has 0 aliphatic rings. The summed E-state index contributed by atoms with van der Waals surface area (Å²) in [6.07, 6.45) is 0. The Morgan fingerprint density at radius 3 is 2.72 bits per heavy atom. The number of hydrogen-bond donors (Lipinski definition) is 0. The highest BCUT2D eigenvalue weighted by Crippen LogP contribution is 2.37. The maximum atomic E-state index is 11.2. The van der Waals surface area contributed by atoms with Crippen molar-refractivity contribution < 1.29 is 19.2 Å². The van der Waals surface area contributed by atoms with E-state index in [9.17, 15) is 19.7 Å². The van der Waals surface area contributed by atoms with E-state index in [1.165, 1.54) is 13.0 Å². The van der Waals surface area contributed by atoms with Gasteiger partial charge in [0, 0.05) is 6.07 Å². The zero-order valence-electron chi connectivity index (χ0n) is 9.80. The van der Waals surface area contributed by atoms with Crippen LogP contribution in [0.25, 0.3) is 0 Å². The average molecular weight is 289 g/mol. The van der Waals surface area contributed by atoms with Crippen molar-refractivity contribution in [3.8, 4) is 0 Å². The maximum Gasteiger partial charge on any atom is 0.316 e. The van der Waals surface area contributed by atoms with Crippen molar-refractivity contribution in [1.29, 1.82) is 0 Å². The number of rotatable bonds is 6. The van der Waals surface area contributed by atoms with Crippen LogP contribution in [-0.2, 0) is 9.53 Å². The predicted octanol–water partition coefficient (Wildman–Crippen LogP) is 2.51. The Morgan fingerprint density at radius 2 is 2.22 bits per heavy atom. The Morgan fingerprint density at radius 1 is 1.56 bits per heavy atom. The van der Waals surface area contributed by atoms with Gasteiger partial charge in [-0.15, -0.1) is 11.3 Å². The molecule has 0 N–H and O–H groups in total. The van der Waals surface area contributed by atoms with Crippen LogP contribution in [-0.4, -0.2) is 29.0 Å². The third-order valence-corrected chi connectivity index (χ3v) is 4.32. The number of thiophene rings is 1. The van der Waals surface area contributed by atoms with Crippen LogP contribution in [0.4, 0.5) is 5.69 Å². The Hall–Kier alpha value is -1.41. The van der Waals surface area contributed by atoms with Gasteiger partial charge >= 0.3 is 5.97 Å². The molecule has 0 aromatic carbocycles. The maximum absolute atomic E-state index is 11.2. The normalized spacial score (nSPS) is 10.1. The van der Waals surface area contributed by atoms with Gasteiger partial charge in [-0.05, 0) is 13.8 Å². The highest BCUT2D eigenvalue weighted by Gasteiger charge is 2.22. The van der Waals surface area contributed by atoms with Crippen LogP contribution in [0.15, 0.2) is 10.3 Å². The zero-order valence-corrected chi connectivity index (χ0v) is 11.4. The summed E-state index contributed by atoms with van der Waals surface area (Å²) >= 11 is 2.03. The van der Waals surface area contributed by atoms with E-state index in [1.807, 2.05) is 0 Å².